The van der Waals surface area contributed by atoms with Gasteiger partial charge in [0.1, 0.15) is 0 Å². The van der Waals surface area contributed by atoms with E-state index in [-0.39, 0.29) is 0 Å². The molecule has 90 valence electrons. The maximum atomic E-state index is 10.9. The lowest BCUT2D eigenvalue weighted by Crippen LogP contribution is -2.43. The zero-order valence-corrected chi connectivity index (χ0v) is 13.9. The molecule has 2 nitrogen and oxygen atoms in total. The first-order valence-electron chi connectivity index (χ1n) is 5.78. The van der Waals surface area contributed by atoms with Crippen molar-refractivity contribution < 1.29 is 10.2 Å². The molecular formula is C14H9Al2BrO2. The van der Waals surface area contributed by atoms with Crippen LogP contribution < -0.4 is 0 Å². The molecule has 2 aromatic rings. The Hall–Kier alpha value is -0.0951. The number of benzene rings is 2. The first-order chi connectivity index (χ1) is 8.85. The summed E-state index contributed by atoms with van der Waals surface area (Å²) < 4.78 is -1.51. The van der Waals surface area contributed by atoms with Crippen molar-refractivity contribution in [2.24, 2.45) is 0 Å². The fourth-order valence-electron chi connectivity index (χ4n) is 2.60. The van der Waals surface area contributed by atoms with E-state index < -0.39 is 8.93 Å². The Kier molecular flexibility index (Phi) is 3.25. The molecule has 0 saturated heterocycles. The van der Waals surface area contributed by atoms with Gasteiger partial charge in [-0.05, 0) is 34.4 Å². The van der Waals surface area contributed by atoms with Crippen LogP contribution in [0.3, 0.4) is 0 Å². The van der Waals surface area contributed by atoms with Crippen LogP contribution in [0.15, 0.2) is 46.9 Å². The van der Waals surface area contributed by atoms with Crippen LogP contribution >= 0.6 is 15.9 Å². The molecule has 4 radical (unpaired) electrons. The van der Waals surface area contributed by atoms with Crippen LogP contribution in [-0.2, 0) is 8.93 Å². The largest absolute Gasteiger partial charge is 0.399 e. The molecule has 0 aromatic heterocycles. The molecule has 2 N–H and O–H groups in total. The van der Waals surface area contributed by atoms with E-state index in [2.05, 4.69) is 48.5 Å². The zero-order valence-electron chi connectivity index (χ0n) is 9.97. The highest BCUT2D eigenvalue weighted by Crippen LogP contribution is 2.45. The molecule has 5 heteroatoms. The third kappa shape index (κ3) is 1.97. The molecule has 3 rings (SSSR count). The highest BCUT2D eigenvalue weighted by atomic mass is 79.9. The molecule has 0 spiro atoms. The van der Waals surface area contributed by atoms with Gasteiger partial charge in [-0.1, -0.05) is 46.3 Å². The molecule has 1 aliphatic rings. The van der Waals surface area contributed by atoms with Gasteiger partial charge in [0.25, 0.3) is 0 Å². The Labute approximate surface area is 136 Å². The third-order valence-corrected chi connectivity index (χ3v) is 5.29. The summed E-state index contributed by atoms with van der Waals surface area (Å²) in [6.07, 6.45) is 0. The smallest absolute Gasteiger partial charge is 0.192 e. The van der Waals surface area contributed by atoms with E-state index in [9.17, 15) is 10.2 Å². The first kappa shape index (κ1) is 13.9. The van der Waals surface area contributed by atoms with Crippen molar-refractivity contribution in [1.29, 1.82) is 0 Å². The third-order valence-electron chi connectivity index (χ3n) is 3.55. The van der Waals surface area contributed by atoms with Crippen molar-refractivity contribution in [2.45, 2.75) is 8.93 Å². The minimum Gasteiger partial charge on any atom is -0.399 e. The maximum Gasteiger partial charge on any atom is 0.192 e. The van der Waals surface area contributed by atoms with Gasteiger partial charge < -0.3 is 10.2 Å². The van der Waals surface area contributed by atoms with Gasteiger partial charge in [0, 0.05) is 13.4 Å². The van der Waals surface area contributed by atoms with Gasteiger partial charge in [0.15, 0.2) is 32.6 Å². The number of hydrogen-bond acceptors (Lipinski definition) is 2. The molecule has 1 aliphatic carbocycles. The molecule has 19 heavy (non-hydrogen) atoms. The summed E-state index contributed by atoms with van der Waals surface area (Å²) in [4.78, 5) is 0. The summed E-state index contributed by atoms with van der Waals surface area (Å²) in [7, 11) is 0. The quantitative estimate of drug-likeness (QED) is 0.712. The van der Waals surface area contributed by atoms with Gasteiger partial charge in [-0.25, -0.2) is 0 Å². The van der Waals surface area contributed by atoms with Crippen LogP contribution in [0, 0.1) is 0 Å². The highest BCUT2D eigenvalue weighted by Gasteiger charge is 2.41. The second kappa shape index (κ2) is 4.45. The minimum atomic E-state index is -1.20. The van der Waals surface area contributed by atoms with Crippen LogP contribution in [0.25, 0.3) is 0 Å². The summed E-state index contributed by atoms with van der Waals surface area (Å²) in [5, 5.41) is 21.7. The van der Waals surface area contributed by atoms with Crippen molar-refractivity contribution in [3.8, 4) is 0 Å². The van der Waals surface area contributed by atoms with Crippen LogP contribution in [0.4, 0.5) is 0 Å². The number of rotatable bonds is 0. The van der Waals surface area contributed by atoms with Gasteiger partial charge in [-0.15, -0.1) is 0 Å². The molecule has 0 amide bonds. The molecule has 0 aliphatic heterocycles. The summed E-state index contributed by atoms with van der Waals surface area (Å²) in [6.45, 7) is 0. The summed E-state index contributed by atoms with van der Waals surface area (Å²) >= 11 is 8.38. The van der Waals surface area contributed by atoms with E-state index in [0.29, 0.717) is 22.3 Å². The number of aliphatic hydroxyl groups is 2. The van der Waals surface area contributed by atoms with Crippen molar-refractivity contribution in [3.05, 3.63) is 69.2 Å². The van der Waals surface area contributed by atoms with Gasteiger partial charge >= 0.3 is 0 Å². The molecule has 0 saturated carbocycles. The molecular weight excluding hydrogens is 334 g/mol. The lowest BCUT2D eigenvalue weighted by molar-refractivity contribution is 0.122. The number of hydrogen-bond donors (Lipinski definition) is 2. The minimum absolute atomic E-state index is 0.683. The van der Waals surface area contributed by atoms with Gasteiger partial charge in [-0.3, -0.25) is 0 Å². The lowest BCUT2D eigenvalue weighted by atomic mass is 9.80. The molecule has 2 unspecified atom stereocenters. The Balaban J connectivity index is 2.40. The summed E-state index contributed by atoms with van der Waals surface area (Å²) in [6, 6.07) is 12.9. The normalized spacial score (nSPS) is 28.6. The number of halogens is 1. The van der Waals surface area contributed by atoms with Crippen LogP contribution in [0.5, 0.6) is 0 Å². The van der Waals surface area contributed by atoms with Gasteiger partial charge in [0.2, 0.25) is 0 Å². The number of fused-ring (bicyclic) bond motifs is 2. The average Bonchev–Trinajstić information content (AvgIpc) is 2.37. The maximum absolute atomic E-state index is 10.9. The Bertz CT molecular complexity index is 668. The SMILES string of the molecule is O[C]1([Al])c2ccccc2[C](O)([Al])c2cc(Br)ccc21. The highest BCUT2D eigenvalue weighted by molar-refractivity contribution is 9.10. The topological polar surface area (TPSA) is 40.5 Å². The predicted molar refractivity (Wildman–Crippen MR) is 78.1 cm³/mol. The van der Waals surface area contributed by atoms with Gasteiger partial charge in [0.05, 0.1) is 0 Å². The van der Waals surface area contributed by atoms with Crippen molar-refractivity contribution in [1.82, 2.24) is 0 Å². The molecule has 2 aromatic carbocycles. The standard InChI is InChI=1S/C14H9BrO2.2Al/c15-8-5-6-11-12(7-8)14(17)10-4-2-1-3-9(10)13(11)16;;/h1-7,16-17H;;. The Morgan fingerprint density at radius 3 is 1.84 bits per heavy atom. The fraction of sp³-hybridized carbons (Fsp3) is 0.143. The summed E-state index contributed by atoms with van der Waals surface area (Å²) in [5.74, 6) is 0. The summed E-state index contributed by atoms with van der Waals surface area (Å²) in [5.41, 5.74) is 2.77. The van der Waals surface area contributed by atoms with E-state index in [0.717, 1.165) is 4.47 Å². The second-order valence-corrected chi connectivity index (χ2v) is 7.36. The van der Waals surface area contributed by atoms with Crippen LogP contribution in [0.2, 0.25) is 0 Å². The molecule has 2 atom stereocenters. The first-order valence-corrected chi connectivity index (χ1v) is 7.73. The Morgan fingerprint density at radius 2 is 1.26 bits per heavy atom. The molecule has 0 bridgehead atoms. The zero-order chi connectivity index (χ0) is 13.8. The second-order valence-electron chi connectivity index (χ2n) is 4.77. The molecule has 0 heterocycles. The van der Waals surface area contributed by atoms with E-state index in [4.69, 9.17) is 0 Å². The van der Waals surface area contributed by atoms with Crippen molar-refractivity contribution in [3.63, 3.8) is 0 Å². The van der Waals surface area contributed by atoms with Crippen molar-refractivity contribution in [2.75, 3.05) is 0 Å². The van der Waals surface area contributed by atoms with E-state index in [1.165, 1.54) is 0 Å². The fourth-order valence-corrected chi connectivity index (χ4v) is 3.96. The van der Waals surface area contributed by atoms with Crippen molar-refractivity contribution >= 4 is 48.5 Å². The van der Waals surface area contributed by atoms with Gasteiger partial charge in [-0.2, -0.15) is 0 Å². The lowest BCUT2D eigenvalue weighted by Gasteiger charge is -2.44. The van der Waals surface area contributed by atoms with Crippen LogP contribution in [-0.4, -0.2) is 42.8 Å². The van der Waals surface area contributed by atoms with Crippen LogP contribution in [0.1, 0.15) is 22.3 Å². The van der Waals surface area contributed by atoms with E-state index >= 15 is 0 Å². The predicted octanol–water partition coefficient (Wildman–Crippen LogP) is 1.49. The van der Waals surface area contributed by atoms with E-state index in [1.807, 2.05) is 42.5 Å². The monoisotopic (exact) mass is 342 g/mol. The van der Waals surface area contributed by atoms with E-state index in [1.54, 1.807) is 0 Å². The Morgan fingerprint density at radius 1 is 0.789 bits per heavy atom. The molecule has 0 fully saturated rings. The average molecular weight is 343 g/mol.